The van der Waals surface area contributed by atoms with Gasteiger partial charge in [0.25, 0.3) is 0 Å². The van der Waals surface area contributed by atoms with Crippen LogP contribution in [0.2, 0.25) is 0 Å². The first-order chi connectivity index (χ1) is 9.38. The van der Waals surface area contributed by atoms with E-state index in [0.29, 0.717) is 19.6 Å². The van der Waals surface area contributed by atoms with Crippen LogP contribution in [0.15, 0.2) is 24.3 Å². The molecule has 0 saturated carbocycles. The van der Waals surface area contributed by atoms with Gasteiger partial charge in [0.2, 0.25) is 5.91 Å². The van der Waals surface area contributed by atoms with Gasteiger partial charge >= 0.3 is 0 Å². The molecule has 1 aromatic carbocycles. The third-order valence-electron chi connectivity index (χ3n) is 3.19. The number of aliphatic hydroxyl groups is 1. The molecule has 0 aromatic heterocycles. The van der Waals surface area contributed by atoms with E-state index in [-0.39, 0.29) is 11.9 Å². The number of aryl methyl sites for hydroxylation is 1. The second-order valence-corrected chi connectivity index (χ2v) is 5.63. The lowest BCUT2D eigenvalue weighted by Gasteiger charge is -2.26. The van der Waals surface area contributed by atoms with Crippen LogP contribution in [-0.4, -0.2) is 41.1 Å². The Hall–Kier alpha value is -1.39. The predicted molar refractivity (Wildman–Crippen MR) is 81.4 cm³/mol. The van der Waals surface area contributed by atoms with Crippen molar-refractivity contribution in [3.8, 4) is 0 Å². The van der Waals surface area contributed by atoms with Crippen LogP contribution in [0.3, 0.4) is 0 Å². The van der Waals surface area contributed by atoms with E-state index >= 15 is 0 Å². The van der Waals surface area contributed by atoms with Crippen LogP contribution in [-0.2, 0) is 11.3 Å². The van der Waals surface area contributed by atoms with Gasteiger partial charge in [0.15, 0.2) is 0 Å². The zero-order valence-corrected chi connectivity index (χ0v) is 12.9. The molecule has 1 atom stereocenters. The Bertz CT molecular complexity index is 413. The highest BCUT2D eigenvalue weighted by Gasteiger charge is 2.15. The number of aliphatic hydroxyl groups excluding tert-OH is 1. The fourth-order valence-corrected chi connectivity index (χ4v) is 1.94. The molecule has 0 aliphatic rings. The fourth-order valence-electron chi connectivity index (χ4n) is 1.94. The minimum atomic E-state index is -0.428. The number of carbonyl (C=O) groups is 1. The molecule has 0 fully saturated rings. The predicted octanol–water partition coefficient (Wildman–Crippen LogP) is 1.70. The van der Waals surface area contributed by atoms with Crippen LogP contribution in [0.4, 0.5) is 0 Å². The van der Waals surface area contributed by atoms with Crippen molar-refractivity contribution in [2.24, 2.45) is 0 Å². The topological polar surface area (TPSA) is 52.6 Å². The molecule has 0 aliphatic carbocycles. The number of nitrogens with one attached hydrogen (secondary N) is 1. The maximum Gasteiger partial charge on any atom is 0.234 e. The van der Waals surface area contributed by atoms with E-state index < -0.39 is 6.10 Å². The number of rotatable bonds is 7. The van der Waals surface area contributed by atoms with E-state index in [4.69, 9.17) is 0 Å². The van der Waals surface area contributed by atoms with Crippen LogP contribution in [0.5, 0.6) is 0 Å². The third-order valence-corrected chi connectivity index (χ3v) is 3.19. The Morgan fingerprint density at radius 3 is 2.35 bits per heavy atom. The molecule has 1 rings (SSSR count). The lowest BCUT2D eigenvalue weighted by molar-refractivity contribution is -0.123. The summed E-state index contributed by atoms with van der Waals surface area (Å²) in [6, 6.07) is 8.34. The van der Waals surface area contributed by atoms with Gasteiger partial charge in [0.05, 0.1) is 12.6 Å². The summed E-state index contributed by atoms with van der Waals surface area (Å²) >= 11 is 0. The molecule has 0 radical (unpaired) electrons. The van der Waals surface area contributed by atoms with E-state index in [1.165, 1.54) is 5.56 Å². The molecule has 1 unspecified atom stereocenters. The highest BCUT2D eigenvalue weighted by Crippen LogP contribution is 2.03. The maximum atomic E-state index is 11.9. The molecule has 4 heteroatoms. The molecule has 112 valence electrons. The molecule has 0 saturated heterocycles. The highest BCUT2D eigenvalue weighted by molar-refractivity contribution is 5.78. The number of benzene rings is 1. The van der Waals surface area contributed by atoms with Gasteiger partial charge < -0.3 is 10.4 Å². The Balaban J connectivity index is 2.43. The molecular weight excluding hydrogens is 252 g/mol. The van der Waals surface area contributed by atoms with Crippen molar-refractivity contribution in [2.75, 3.05) is 13.1 Å². The van der Waals surface area contributed by atoms with Gasteiger partial charge in [-0.3, -0.25) is 9.69 Å². The van der Waals surface area contributed by atoms with Crippen molar-refractivity contribution in [3.63, 3.8) is 0 Å². The second-order valence-electron chi connectivity index (χ2n) is 5.63. The Labute approximate surface area is 121 Å². The summed E-state index contributed by atoms with van der Waals surface area (Å²) in [6.45, 7) is 9.19. The quantitative estimate of drug-likeness (QED) is 0.798. The summed E-state index contributed by atoms with van der Waals surface area (Å²) in [7, 11) is 0. The van der Waals surface area contributed by atoms with Crippen molar-refractivity contribution in [1.29, 1.82) is 0 Å². The van der Waals surface area contributed by atoms with Crippen LogP contribution < -0.4 is 5.32 Å². The monoisotopic (exact) mass is 278 g/mol. The molecule has 20 heavy (non-hydrogen) atoms. The average Bonchev–Trinajstić information content (AvgIpc) is 2.36. The van der Waals surface area contributed by atoms with Crippen molar-refractivity contribution in [1.82, 2.24) is 10.2 Å². The van der Waals surface area contributed by atoms with Crippen molar-refractivity contribution in [2.45, 2.75) is 46.4 Å². The van der Waals surface area contributed by atoms with E-state index in [9.17, 15) is 9.90 Å². The molecule has 0 bridgehead atoms. The first kappa shape index (κ1) is 16.7. The lowest BCUT2D eigenvalue weighted by Crippen LogP contribution is -2.43. The fraction of sp³-hybridized carbons (Fsp3) is 0.562. The van der Waals surface area contributed by atoms with E-state index in [1.54, 1.807) is 6.92 Å². The SMILES string of the molecule is Cc1ccc(CNC(=O)CN(CC(C)O)C(C)C)cc1. The number of nitrogens with zero attached hydrogens (tertiary/aromatic N) is 1. The third kappa shape index (κ3) is 6.17. The normalized spacial score (nSPS) is 12.8. The molecule has 0 spiro atoms. The first-order valence-corrected chi connectivity index (χ1v) is 7.13. The Morgan fingerprint density at radius 1 is 1.25 bits per heavy atom. The second kappa shape index (κ2) is 8.02. The number of amides is 1. The number of carbonyl (C=O) groups excluding carboxylic acids is 1. The summed E-state index contributed by atoms with van der Waals surface area (Å²) < 4.78 is 0. The van der Waals surface area contributed by atoms with Crippen molar-refractivity contribution in [3.05, 3.63) is 35.4 Å². The Kier molecular flexibility index (Phi) is 6.68. The van der Waals surface area contributed by atoms with Gasteiger partial charge in [-0.1, -0.05) is 29.8 Å². The number of hydrogen-bond donors (Lipinski definition) is 2. The van der Waals surface area contributed by atoms with Gasteiger partial charge in [0, 0.05) is 19.1 Å². The molecule has 1 amide bonds. The van der Waals surface area contributed by atoms with Gasteiger partial charge in [-0.2, -0.15) is 0 Å². The molecule has 4 nitrogen and oxygen atoms in total. The molecular formula is C16H26N2O2. The van der Waals surface area contributed by atoms with Gasteiger partial charge in [-0.05, 0) is 33.3 Å². The van der Waals surface area contributed by atoms with Crippen molar-refractivity contribution < 1.29 is 9.90 Å². The molecule has 0 aliphatic heterocycles. The Morgan fingerprint density at radius 2 is 1.85 bits per heavy atom. The van der Waals surface area contributed by atoms with Crippen molar-refractivity contribution >= 4 is 5.91 Å². The van der Waals surface area contributed by atoms with Crippen LogP contribution >= 0.6 is 0 Å². The summed E-state index contributed by atoms with van der Waals surface area (Å²) in [5, 5.41) is 12.4. The summed E-state index contributed by atoms with van der Waals surface area (Å²) in [4.78, 5) is 13.9. The van der Waals surface area contributed by atoms with Gasteiger partial charge in [0.1, 0.15) is 0 Å². The van der Waals surface area contributed by atoms with E-state index in [2.05, 4.69) is 5.32 Å². The molecule has 0 heterocycles. The maximum absolute atomic E-state index is 11.9. The van der Waals surface area contributed by atoms with E-state index in [1.807, 2.05) is 49.9 Å². The van der Waals surface area contributed by atoms with Gasteiger partial charge in [-0.25, -0.2) is 0 Å². The van der Waals surface area contributed by atoms with Gasteiger partial charge in [-0.15, -0.1) is 0 Å². The van der Waals surface area contributed by atoms with Crippen LogP contribution in [0.25, 0.3) is 0 Å². The summed E-state index contributed by atoms with van der Waals surface area (Å²) in [5.41, 5.74) is 2.30. The minimum Gasteiger partial charge on any atom is -0.392 e. The zero-order valence-electron chi connectivity index (χ0n) is 12.9. The molecule has 2 N–H and O–H groups in total. The zero-order chi connectivity index (χ0) is 15.1. The minimum absolute atomic E-state index is 0.0140. The van der Waals surface area contributed by atoms with Crippen LogP contribution in [0.1, 0.15) is 31.9 Å². The highest BCUT2D eigenvalue weighted by atomic mass is 16.3. The first-order valence-electron chi connectivity index (χ1n) is 7.13. The van der Waals surface area contributed by atoms with E-state index in [0.717, 1.165) is 5.56 Å². The lowest BCUT2D eigenvalue weighted by atomic mass is 10.1. The summed E-state index contributed by atoms with van der Waals surface area (Å²) in [5.74, 6) is -0.0140. The summed E-state index contributed by atoms with van der Waals surface area (Å²) in [6.07, 6.45) is -0.428. The smallest absolute Gasteiger partial charge is 0.234 e. The molecule has 1 aromatic rings. The van der Waals surface area contributed by atoms with Crippen LogP contribution in [0, 0.1) is 6.92 Å². The average molecular weight is 278 g/mol. The largest absolute Gasteiger partial charge is 0.392 e. The standard InChI is InChI=1S/C16H26N2O2/c1-12(2)18(10-14(4)19)11-16(20)17-9-15-7-5-13(3)6-8-15/h5-8,12,14,19H,9-11H2,1-4H3,(H,17,20). The number of hydrogen-bond acceptors (Lipinski definition) is 3.